The number of anilines is 4. The summed E-state index contributed by atoms with van der Waals surface area (Å²) >= 11 is 6.05. The first kappa shape index (κ1) is 20.1. The van der Waals surface area contributed by atoms with E-state index in [0.717, 1.165) is 5.69 Å². The molecule has 2 heterocycles. The maximum absolute atomic E-state index is 11.8. The van der Waals surface area contributed by atoms with Crippen LogP contribution in [0.5, 0.6) is 0 Å². The Kier molecular flexibility index (Phi) is 6.15. The van der Waals surface area contributed by atoms with Gasteiger partial charge in [0.1, 0.15) is 5.60 Å². The Bertz CT molecular complexity index is 819. The summed E-state index contributed by atoms with van der Waals surface area (Å²) in [6, 6.07) is 7.08. The number of rotatable bonds is 4. The Balaban J connectivity index is 1.65. The van der Waals surface area contributed by atoms with Gasteiger partial charge in [-0.25, -0.2) is 4.79 Å². The van der Waals surface area contributed by atoms with Crippen LogP contribution in [0.1, 0.15) is 20.8 Å². The van der Waals surface area contributed by atoms with E-state index >= 15 is 0 Å². The smallest absolute Gasteiger partial charge is 0.412 e. The van der Waals surface area contributed by atoms with Gasteiger partial charge in [0.25, 0.3) is 0 Å². The topological polar surface area (TPSA) is 102 Å². The number of aromatic nitrogens is 3. The van der Waals surface area contributed by atoms with Crippen molar-refractivity contribution in [2.75, 3.05) is 41.8 Å². The first-order valence-corrected chi connectivity index (χ1v) is 9.28. The van der Waals surface area contributed by atoms with E-state index in [1.54, 1.807) is 24.3 Å². The molecule has 2 N–H and O–H groups in total. The summed E-state index contributed by atoms with van der Waals surface area (Å²) in [4.78, 5) is 26.6. The van der Waals surface area contributed by atoms with E-state index in [-0.39, 0.29) is 5.28 Å². The molecule has 2 aromatic rings. The molecular weight excluding hydrogens is 384 g/mol. The fraction of sp³-hybridized carbons (Fsp3) is 0.444. The van der Waals surface area contributed by atoms with Crippen molar-refractivity contribution in [3.8, 4) is 0 Å². The van der Waals surface area contributed by atoms with Crippen LogP contribution >= 0.6 is 11.6 Å². The van der Waals surface area contributed by atoms with Crippen molar-refractivity contribution in [1.82, 2.24) is 15.0 Å². The van der Waals surface area contributed by atoms with Gasteiger partial charge in [0.15, 0.2) is 0 Å². The molecule has 0 radical (unpaired) electrons. The predicted molar refractivity (Wildman–Crippen MR) is 107 cm³/mol. The first-order chi connectivity index (χ1) is 13.3. The van der Waals surface area contributed by atoms with Crippen molar-refractivity contribution >= 4 is 41.0 Å². The largest absolute Gasteiger partial charge is 0.444 e. The van der Waals surface area contributed by atoms with Gasteiger partial charge >= 0.3 is 6.09 Å². The molecule has 10 heteroatoms. The van der Waals surface area contributed by atoms with Gasteiger partial charge < -0.3 is 19.7 Å². The molecule has 1 saturated heterocycles. The second-order valence-corrected chi connectivity index (χ2v) is 7.49. The van der Waals surface area contributed by atoms with E-state index in [9.17, 15) is 4.79 Å². The normalized spacial score (nSPS) is 14.5. The third-order valence-corrected chi connectivity index (χ3v) is 3.85. The number of nitrogens with zero attached hydrogens (tertiary/aromatic N) is 4. The van der Waals surface area contributed by atoms with E-state index < -0.39 is 11.7 Å². The highest BCUT2D eigenvalue weighted by Gasteiger charge is 2.17. The van der Waals surface area contributed by atoms with Crippen LogP contribution in [0.15, 0.2) is 24.3 Å². The fourth-order valence-electron chi connectivity index (χ4n) is 2.49. The van der Waals surface area contributed by atoms with Crippen LogP contribution in [0.2, 0.25) is 5.28 Å². The summed E-state index contributed by atoms with van der Waals surface area (Å²) in [6.45, 7) is 8.08. The van der Waals surface area contributed by atoms with Gasteiger partial charge in [0, 0.05) is 24.5 Å². The van der Waals surface area contributed by atoms with Crippen LogP contribution in [0, 0.1) is 0 Å². The highest BCUT2D eigenvalue weighted by Crippen LogP contribution is 2.20. The Morgan fingerprint density at radius 1 is 1.11 bits per heavy atom. The Morgan fingerprint density at radius 2 is 1.75 bits per heavy atom. The third kappa shape index (κ3) is 5.93. The summed E-state index contributed by atoms with van der Waals surface area (Å²) < 4.78 is 10.6. The Morgan fingerprint density at radius 3 is 2.39 bits per heavy atom. The molecule has 1 fully saturated rings. The second kappa shape index (κ2) is 8.57. The van der Waals surface area contributed by atoms with Crippen LogP contribution in [-0.4, -0.2) is 52.9 Å². The lowest BCUT2D eigenvalue weighted by Crippen LogP contribution is -2.37. The average Bonchev–Trinajstić information content (AvgIpc) is 2.62. The van der Waals surface area contributed by atoms with Gasteiger partial charge in [-0.15, -0.1) is 0 Å². The molecule has 1 aliphatic rings. The molecule has 0 spiro atoms. The predicted octanol–water partition coefficient (Wildman–Crippen LogP) is 3.45. The number of hydrogen-bond acceptors (Lipinski definition) is 8. The molecule has 1 aromatic heterocycles. The Hall–Kier alpha value is -2.65. The zero-order chi connectivity index (χ0) is 20.1. The highest BCUT2D eigenvalue weighted by atomic mass is 35.5. The molecule has 3 rings (SSSR count). The number of carbonyl (C=O) groups excluding carboxylic acids is 1. The summed E-state index contributed by atoms with van der Waals surface area (Å²) in [5.41, 5.74) is 0.800. The molecule has 0 aliphatic carbocycles. The molecule has 150 valence electrons. The van der Waals surface area contributed by atoms with E-state index in [0.29, 0.717) is 43.9 Å². The number of ether oxygens (including phenoxy) is 2. The van der Waals surface area contributed by atoms with Gasteiger partial charge in [0.05, 0.1) is 13.2 Å². The van der Waals surface area contributed by atoms with Crippen molar-refractivity contribution in [2.24, 2.45) is 0 Å². The van der Waals surface area contributed by atoms with Gasteiger partial charge in [-0.2, -0.15) is 15.0 Å². The molecule has 1 amide bonds. The lowest BCUT2D eigenvalue weighted by atomic mass is 10.2. The molecule has 28 heavy (non-hydrogen) atoms. The standard InChI is InChI=1S/C18H23ClN6O3/c1-18(2,3)28-17(26)21-13-6-4-12(5-7-13)20-15-22-14(19)23-16(24-15)25-8-10-27-11-9-25/h4-7H,8-11H2,1-3H3,(H,21,26)(H,20,22,23,24). The minimum atomic E-state index is -0.554. The zero-order valence-corrected chi connectivity index (χ0v) is 16.8. The van der Waals surface area contributed by atoms with Crippen molar-refractivity contribution in [3.05, 3.63) is 29.5 Å². The number of halogens is 1. The summed E-state index contributed by atoms with van der Waals surface area (Å²) in [5, 5.41) is 5.89. The van der Waals surface area contributed by atoms with Crippen molar-refractivity contribution in [1.29, 1.82) is 0 Å². The summed E-state index contributed by atoms with van der Waals surface area (Å²) in [5.74, 6) is 0.850. The molecular formula is C18H23ClN6O3. The summed E-state index contributed by atoms with van der Waals surface area (Å²) in [6.07, 6.45) is -0.507. The third-order valence-electron chi connectivity index (χ3n) is 3.68. The highest BCUT2D eigenvalue weighted by molar-refractivity contribution is 6.28. The lowest BCUT2D eigenvalue weighted by molar-refractivity contribution is 0.0636. The molecule has 1 aromatic carbocycles. The molecule has 0 unspecified atom stereocenters. The number of hydrogen-bond donors (Lipinski definition) is 2. The Labute approximate surface area is 168 Å². The van der Waals surface area contributed by atoms with Gasteiger partial charge in [-0.05, 0) is 56.6 Å². The molecule has 0 bridgehead atoms. The van der Waals surface area contributed by atoms with Crippen molar-refractivity contribution in [3.63, 3.8) is 0 Å². The van der Waals surface area contributed by atoms with Gasteiger partial charge in [0.2, 0.25) is 17.2 Å². The van der Waals surface area contributed by atoms with Crippen molar-refractivity contribution < 1.29 is 14.3 Å². The minimum Gasteiger partial charge on any atom is -0.444 e. The molecule has 1 aliphatic heterocycles. The number of nitrogens with one attached hydrogen (secondary N) is 2. The fourth-order valence-corrected chi connectivity index (χ4v) is 2.64. The van der Waals surface area contributed by atoms with E-state index in [1.807, 2.05) is 25.7 Å². The van der Waals surface area contributed by atoms with Crippen LogP contribution in [0.4, 0.5) is 28.1 Å². The van der Waals surface area contributed by atoms with Gasteiger partial charge in [-0.3, -0.25) is 5.32 Å². The number of morpholine rings is 1. The monoisotopic (exact) mass is 406 g/mol. The van der Waals surface area contributed by atoms with Crippen LogP contribution in [-0.2, 0) is 9.47 Å². The van der Waals surface area contributed by atoms with Crippen LogP contribution in [0.25, 0.3) is 0 Å². The molecule has 9 nitrogen and oxygen atoms in total. The molecule has 0 saturated carbocycles. The zero-order valence-electron chi connectivity index (χ0n) is 16.0. The first-order valence-electron chi connectivity index (χ1n) is 8.90. The SMILES string of the molecule is CC(C)(C)OC(=O)Nc1ccc(Nc2nc(Cl)nc(N3CCOCC3)n2)cc1. The van der Waals surface area contributed by atoms with E-state index in [1.165, 1.54) is 0 Å². The van der Waals surface area contributed by atoms with E-state index in [4.69, 9.17) is 21.1 Å². The summed E-state index contributed by atoms with van der Waals surface area (Å²) in [7, 11) is 0. The number of benzene rings is 1. The minimum absolute atomic E-state index is 0.113. The second-order valence-electron chi connectivity index (χ2n) is 7.16. The quantitative estimate of drug-likeness (QED) is 0.796. The molecule has 0 atom stereocenters. The number of amides is 1. The van der Waals surface area contributed by atoms with Crippen molar-refractivity contribution in [2.45, 2.75) is 26.4 Å². The van der Waals surface area contributed by atoms with E-state index in [2.05, 4.69) is 25.6 Å². The average molecular weight is 407 g/mol. The number of carbonyl (C=O) groups is 1. The van der Waals surface area contributed by atoms with Gasteiger partial charge in [-0.1, -0.05) is 0 Å². The van der Waals surface area contributed by atoms with Crippen LogP contribution < -0.4 is 15.5 Å². The maximum atomic E-state index is 11.8. The lowest BCUT2D eigenvalue weighted by Gasteiger charge is -2.26. The maximum Gasteiger partial charge on any atom is 0.412 e. The van der Waals surface area contributed by atoms with Crippen LogP contribution in [0.3, 0.4) is 0 Å².